The molecule has 0 aromatic rings. The molecular weight excluding hydrogens is 488 g/mol. The van der Waals surface area contributed by atoms with E-state index >= 15 is 0 Å². The van der Waals surface area contributed by atoms with Gasteiger partial charge >= 0.3 is 23.9 Å². The van der Waals surface area contributed by atoms with Crippen LogP contribution in [0, 0.1) is 11.8 Å². The summed E-state index contributed by atoms with van der Waals surface area (Å²) in [5.74, 6) is -1.10. The van der Waals surface area contributed by atoms with Gasteiger partial charge in [0.25, 0.3) is 0 Å². The van der Waals surface area contributed by atoms with Crippen LogP contribution in [-0.2, 0) is 38.1 Å². The first-order valence-corrected chi connectivity index (χ1v) is 13.6. The van der Waals surface area contributed by atoms with Crippen LogP contribution in [0.4, 0.5) is 0 Å². The van der Waals surface area contributed by atoms with Gasteiger partial charge in [-0.1, -0.05) is 50.0 Å². The summed E-state index contributed by atoms with van der Waals surface area (Å²) in [6.07, 6.45) is 18.1. The summed E-state index contributed by atoms with van der Waals surface area (Å²) in [7, 11) is 0. The Hall–Kier alpha value is -3.16. The highest BCUT2D eigenvalue weighted by Crippen LogP contribution is 2.15. The van der Waals surface area contributed by atoms with Gasteiger partial charge in [0.15, 0.2) is 0 Å². The molecule has 1 aliphatic rings. The fraction of sp³-hybridized carbons (Fsp3) is 0.600. The number of allylic oxidation sites excluding steroid dienone is 6. The molecule has 0 aromatic heterocycles. The third-order valence-corrected chi connectivity index (χ3v) is 5.78. The maximum Gasteiger partial charge on any atom is 0.312 e. The third kappa shape index (κ3) is 16.6. The van der Waals surface area contributed by atoms with Crippen LogP contribution in [0.2, 0.25) is 0 Å². The minimum atomic E-state index is -0.418. The van der Waals surface area contributed by atoms with Crippen LogP contribution in [0.5, 0.6) is 0 Å². The van der Waals surface area contributed by atoms with Crippen molar-refractivity contribution in [3.05, 3.63) is 48.0 Å². The minimum Gasteiger partial charge on any atom is -0.465 e. The highest BCUT2D eigenvalue weighted by atomic mass is 16.5. The van der Waals surface area contributed by atoms with Gasteiger partial charge in [0.1, 0.15) is 11.5 Å². The van der Waals surface area contributed by atoms with Gasteiger partial charge in [0.2, 0.25) is 0 Å². The number of ether oxygens (including phenoxy) is 4. The minimum absolute atomic E-state index is 0.299. The number of esters is 4. The topological polar surface area (TPSA) is 105 Å². The highest BCUT2D eigenvalue weighted by molar-refractivity contribution is 5.74. The third-order valence-electron chi connectivity index (χ3n) is 5.78. The first-order valence-electron chi connectivity index (χ1n) is 13.6. The predicted molar refractivity (Wildman–Crippen MR) is 144 cm³/mol. The standard InChI is InChI=1S/C30H44O8/c1-23-15-13-19-27(37-25(3)31)17-9-6-8-12-22-36-30(34)24(2)16-14-20-28(38-26(4)32)18-10-5-7-11-21-35-29(23)33/h13-16,19-20,23-24H,5-12,17-18,21-22H2,1-4H3/b15-13-,16-14-,27-19+,28-20+. The monoisotopic (exact) mass is 532 g/mol. The van der Waals surface area contributed by atoms with Crippen LogP contribution in [0.3, 0.4) is 0 Å². The number of cyclic esters (lactones) is 2. The van der Waals surface area contributed by atoms with Crippen LogP contribution >= 0.6 is 0 Å². The number of hydrogen-bond acceptors (Lipinski definition) is 8. The van der Waals surface area contributed by atoms with Crippen molar-refractivity contribution in [1.29, 1.82) is 0 Å². The van der Waals surface area contributed by atoms with E-state index in [1.807, 2.05) is 0 Å². The molecule has 0 spiro atoms. The van der Waals surface area contributed by atoms with Crippen molar-refractivity contribution in [3.63, 3.8) is 0 Å². The molecule has 1 rings (SSSR count). The zero-order valence-electron chi connectivity index (χ0n) is 23.4. The molecule has 2 unspecified atom stereocenters. The second-order valence-electron chi connectivity index (χ2n) is 9.46. The Bertz CT molecular complexity index is 809. The van der Waals surface area contributed by atoms with E-state index in [4.69, 9.17) is 18.9 Å². The number of carbonyl (C=O) groups is 4. The molecule has 1 heterocycles. The lowest BCUT2D eigenvalue weighted by atomic mass is 10.1. The Labute approximate surface area is 227 Å². The molecule has 38 heavy (non-hydrogen) atoms. The van der Waals surface area contributed by atoms with Crippen LogP contribution in [0.25, 0.3) is 0 Å². The van der Waals surface area contributed by atoms with Crippen molar-refractivity contribution in [3.8, 4) is 0 Å². The van der Waals surface area contributed by atoms with E-state index in [0.29, 0.717) is 37.6 Å². The van der Waals surface area contributed by atoms with E-state index in [0.717, 1.165) is 51.4 Å². The number of rotatable bonds is 2. The fourth-order valence-corrected chi connectivity index (χ4v) is 3.64. The van der Waals surface area contributed by atoms with E-state index in [1.165, 1.54) is 13.8 Å². The van der Waals surface area contributed by atoms with Gasteiger partial charge in [-0.05, 0) is 51.7 Å². The molecule has 8 heteroatoms. The zero-order valence-corrected chi connectivity index (χ0v) is 23.4. The van der Waals surface area contributed by atoms with Gasteiger partial charge in [0.05, 0.1) is 25.0 Å². The second-order valence-corrected chi connectivity index (χ2v) is 9.46. The Kier molecular flexibility index (Phi) is 17.2. The number of hydrogen-bond donors (Lipinski definition) is 0. The lowest BCUT2D eigenvalue weighted by Gasteiger charge is -2.10. The highest BCUT2D eigenvalue weighted by Gasteiger charge is 2.12. The van der Waals surface area contributed by atoms with Gasteiger partial charge in [0, 0.05) is 26.7 Å². The zero-order chi connectivity index (χ0) is 28.2. The molecule has 0 aromatic carbocycles. The summed E-state index contributed by atoms with van der Waals surface area (Å²) in [5, 5.41) is 0. The van der Waals surface area contributed by atoms with Crippen LogP contribution < -0.4 is 0 Å². The van der Waals surface area contributed by atoms with Crippen molar-refractivity contribution in [2.24, 2.45) is 11.8 Å². The van der Waals surface area contributed by atoms with Gasteiger partial charge < -0.3 is 18.9 Å². The SMILES string of the molecule is CC(=O)O/C1=C/C=C\C(C)C(=O)OCCCCCC/C(OC(C)=O)=C\C=C/C(C)C(=O)OCCCCCC1. The summed E-state index contributed by atoms with van der Waals surface area (Å²) in [6, 6.07) is 0. The van der Waals surface area contributed by atoms with Crippen molar-refractivity contribution >= 4 is 23.9 Å². The van der Waals surface area contributed by atoms with Crippen molar-refractivity contribution < 1.29 is 38.1 Å². The molecule has 0 bridgehead atoms. The molecule has 8 nitrogen and oxygen atoms in total. The van der Waals surface area contributed by atoms with Gasteiger partial charge in [-0.15, -0.1) is 0 Å². The maximum absolute atomic E-state index is 12.2. The van der Waals surface area contributed by atoms with Crippen LogP contribution in [0.1, 0.15) is 91.9 Å². The average molecular weight is 533 g/mol. The first-order chi connectivity index (χ1) is 18.2. The first kappa shape index (κ1) is 32.9. The smallest absolute Gasteiger partial charge is 0.312 e. The predicted octanol–water partition coefficient (Wildman–Crippen LogP) is 6.27. The Morgan fingerprint density at radius 1 is 0.658 bits per heavy atom. The van der Waals surface area contributed by atoms with E-state index in [2.05, 4.69) is 0 Å². The Morgan fingerprint density at radius 3 is 1.39 bits per heavy atom. The molecule has 0 amide bonds. The summed E-state index contributed by atoms with van der Waals surface area (Å²) in [5.41, 5.74) is 0. The Morgan fingerprint density at radius 2 is 1.03 bits per heavy atom. The van der Waals surface area contributed by atoms with E-state index in [-0.39, 0.29) is 23.9 Å². The average Bonchev–Trinajstić information content (AvgIpc) is 2.85. The van der Waals surface area contributed by atoms with E-state index in [1.54, 1.807) is 50.3 Å². The van der Waals surface area contributed by atoms with Crippen LogP contribution in [-0.4, -0.2) is 37.1 Å². The van der Waals surface area contributed by atoms with Gasteiger partial charge in [-0.2, -0.15) is 0 Å². The van der Waals surface area contributed by atoms with E-state index < -0.39 is 11.8 Å². The molecular formula is C30H44O8. The maximum atomic E-state index is 12.2. The van der Waals surface area contributed by atoms with Gasteiger partial charge in [-0.3, -0.25) is 19.2 Å². The van der Waals surface area contributed by atoms with Crippen molar-refractivity contribution in [2.75, 3.05) is 13.2 Å². The summed E-state index contributed by atoms with van der Waals surface area (Å²) >= 11 is 0. The molecule has 0 radical (unpaired) electrons. The molecule has 2 atom stereocenters. The Balaban J connectivity index is 2.79. The normalized spacial score (nSPS) is 26.7. The fourth-order valence-electron chi connectivity index (χ4n) is 3.64. The van der Waals surface area contributed by atoms with Crippen molar-refractivity contribution in [2.45, 2.75) is 91.9 Å². The number of carbonyl (C=O) groups excluding carboxylic acids is 4. The summed E-state index contributed by atoms with van der Waals surface area (Å²) < 4.78 is 21.3. The second kappa shape index (κ2) is 19.9. The van der Waals surface area contributed by atoms with Gasteiger partial charge in [-0.25, -0.2) is 0 Å². The molecule has 0 saturated heterocycles. The summed E-state index contributed by atoms with van der Waals surface area (Å²) in [4.78, 5) is 47.4. The summed E-state index contributed by atoms with van der Waals surface area (Å²) in [6.45, 7) is 6.93. The quantitative estimate of drug-likeness (QED) is 0.303. The lowest BCUT2D eigenvalue weighted by molar-refractivity contribution is -0.147. The molecule has 212 valence electrons. The lowest BCUT2D eigenvalue weighted by Crippen LogP contribution is -2.13. The largest absolute Gasteiger partial charge is 0.465 e. The molecule has 0 saturated carbocycles. The molecule has 0 fully saturated rings. The van der Waals surface area contributed by atoms with Crippen LogP contribution in [0.15, 0.2) is 48.0 Å². The van der Waals surface area contributed by atoms with E-state index in [9.17, 15) is 19.2 Å². The molecule has 1 aliphatic heterocycles. The molecule has 0 N–H and O–H groups in total. The van der Waals surface area contributed by atoms with Crippen molar-refractivity contribution in [1.82, 2.24) is 0 Å². The molecule has 0 aliphatic carbocycles.